The average molecular weight is 404 g/mol. The summed E-state index contributed by atoms with van der Waals surface area (Å²) in [5.74, 6) is 0.740. The van der Waals surface area contributed by atoms with Crippen molar-refractivity contribution in [3.05, 3.63) is 23.3 Å². The summed E-state index contributed by atoms with van der Waals surface area (Å²) in [5.41, 5.74) is 2.48. The van der Waals surface area contributed by atoms with Crippen LogP contribution >= 0.6 is 0 Å². The van der Waals surface area contributed by atoms with E-state index >= 15 is 0 Å². The molecule has 0 spiro atoms. The second-order valence-electron chi connectivity index (χ2n) is 7.41. The monoisotopic (exact) mass is 404 g/mol. The molecule has 0 radical (unpaired) electrons. The van der Waals surface area contributed by atoms with E-state index in [1.54, 1.807) is 6.07 Å². The number of fused-ring (bicyclic) bond motifs is 3. The maximum atomic E-state index is 11.2. The Balaban J connectivity index is 2.55. The number of hydrogen-bond donors (Lipinski definition) is 3. The molecule has 0 heterocycles. The molecule has 158 valence electrons. The number of ether oxygens (including phenoxy) is 4. The normalized spacial score (nSPS) is 20.7. The first-order chi connectivity index (χ1) is 13.8. The second-order valence-corrected chi connectivity index (χ2v) is 7.41. The van der Waals surface area contributed by atoms with E-state index in [1.165, 1.54) is 34.5 Å². The van der Waals surface area contributed by atoms with Gasteiger partial charge in [-0.3, -0.25) is 0 Å². The molecule has 0 saturated heterocycles. The largest absolute Gasteiger partial charge is 0.504 e. The van der Waals surface area contributed by atoms with Crippen LogP contribution in [0.4, 0.5) is 0 Å². The summed E-state index contributed by atoms with van der Waals surface area (Å²) in [5, 5.41) is 32.2. The quantitative estimate of drug-likeness (QED) is 0.715. The molecule has 0 fully saturated rings. The smallest absolute Gasteiger partial charge is 0.203 e. The molecular formula is C22H28O7. The fourth-order valence-electron chi connectivity index (χ4n) is 4.16. The van der Waals surface area contributed by atoms with E-state index in [4.69, 9.17) is 18.9 Å². The van der Waals surface area contributed by atoms with Gasteiger partial charge in [0.05, 0.1) is 34.5 Å². The van der Waals surface area contributed by atoms with Gasteiger partial charge in [0.2, 0.25) is 11.5 Å². The van der Waals surface area contributed by atoms with Gasteiger partial charge in [-0.05, 0) is 41.5 Å². The van der Waals surface area contributed by atoms with Crippen LogP contribution < -0.4 is 18.9 Å². The fraction of sp³-hybridized carbons (Fsp3) is 0.455. The number of hydrogen-bond acceptors (Lipinski definition) is 7. The van der Waals surface area contributed by atoms with Gasteiger partial charge in [0.1, 0.15) is 0 Å². The van der Waals surface area contributed by atoms with Gasteiger partial charge in [0.25, 0.3) is 0 Å². The summed E-state index contributed by atoms with van der Waals surface area (Å²) < 4.78 is 22.0. The minimum Gasteiger partial charge on any atom is -0.504 e. The highest BCUT2D eigenvalue weighted by molar-refractivity contribution is 5.88. The fourth-order valence-corrected chi connectivity index (χ4v) is 4.16. The van der Waals surface area contributed by atoms with Gasteiger partial charge in [0, 0.05) is 11.1 Å². The average Bonchev–Trinajstić information content (AvgIpc) is 2.70. The number of rotatable bonds is 4. The van der Waals surface area contributed by atoms with E-state index in [0.717, 1.165) is 5.56 Å². The van der Waals surface area contributed by atoms with Crippen molar-refractivity contribution in [3.8, 4) is 45.6 Å². The van der Waals surface area contributed by atoms with Crippen molar-refractivity contribution in [1.82, 2.24) is 0 Å². The van der Waals surface area contributed by atoms with Gasteiger partial charge in [-0.25, -0.2) is 0 Å². The number of phenolic OH excluding ortho intramolecular Hbond substituents is 2. The zero-order valence-electron chi connectivity index (χ0n) is 17.6. The van der Waals surface area contributed by atoms with Crippen LogP contribution in [-0.2, 0) is 6.42 Å². The summed E-state index contributed by atoms with van der Waals surface area (Å²) >= 11 is 0. The van der Waals surface area contributed by atoms with Crippen molar-refractivity contribution in [2.75, 3.05) is 28.4 Å². The molecule has 0 saturated carbocycles. The number of benzene rings is 2. The predicted molar refractivity (Wildman–Crippen MR) is 108 cm³/mol. The molecule has 0 amide bonds. The zero-order valence-corrected chi connectivity index (χ0v) is 17.6. The topological polar surface area (TPSA) is 97.6 Å². The number of aromatic hydroxyl groups is 2. The summed E-state index contributed by atoms with van der Waals surface area (Å²) in [6.07, 6.45) is -0.267. The first-order valence-electron chi connectivity index (χ1n) is 9.43. The number of phenols is 2. The van der Waals surface area contributed by atoms with Crippen LogP contribution in [0.25, 0.3) is 11.1 Å². The van der Waals surface area contributed by atoms with Crippen LogP contribution in [-0.4, -0.2) is 43.8 Å². The number of aliphatic hydroxyl groups excluding tert-OH is 1. The highest BCUT2D eigenvalue weighted by atomic mass is 16.5. The van der Waals surface area contributed by atoms with Crippen LogP contribution in [0.2, 0.25) is 0 Å². The summed E-state index contributed by atoms with van der Waals surface area (Å²) in [6.45, 7) is 4.00. The van der Waals surface area contributed by atoms with Gasteiger partial charge in [-0.1, -0.05) is 13.8 Å². The highest BCUT2D eigenvalue weighted by Crippen LogP contribution is 2.56. The third-order valence-electron chi connectivity index (χ3n) is 5.87. The molecule has 0 aromatic heterocycles. The van der Waals surface area contributed by atoms with Gasteiger partial charge in [-0.2, -0.15) is 0 Å². The van der Waals surface area contributed by atoms with Crippen molar-refractivity contribution < 1.29 is 34.3 Å². The van der Waals surface area contributed by atoms with Crippen molar-refractivity contribution in [2.24, 2.45) is 11.8 Å². The molecule has 29 heavy (non-hydrogen) atoms. The van der Waals surface area contributed by atoms with Crippen molar-refractivity contribution in [3.63, 3.8) is 0 Å². The van der Waals surface area contributed by atoms with E-state index < -0.39 is 6.10 Å². The summed E-state index contributed by atoms with van der Waals surface area (Å²) in [7, 11) is 5.84. The third-order valence-corrected chi connectivity index (χ3v) is 5.87. The molecule has 2 aromatic carbocycles. The molecular weight excluding hydrogens is 376 g/mol. The molecule has 7 heteroatoms. The summed E-state index contributed by atoms with van der Waals surface area (Å²) in [4.78, 5) is 0. The Labute approximate surface area is 170 Å². The van der Waals surface area contributed by atoms with Gasteiger partial charge in [0.15, 0.2) is 23.0 Å². The van der Waals surface area contributed by atoms with E-state index in [2.05, 4.69) is 0 Å². The van der Waals surface area contributed by atoms with Crippen LogP contribution in [0.3, 0.4) is 0 Å². The molecule has 0 bridgehead atoms. The lowest BCUT2D eigenvalue weighted by Crippen LogP contribution is -2.22. The molecule has 2 aromatic rings. The number of methoxy groups -OCH3 is 4. The van der Waals surface area contributed by atoms with E-state index in [-0.39, 0.29) is 40.6 Å². The minimum atomic E-state index is -0.858. The van der Waals surface area contributed by atoms with E-state index in [9.17, 15) is 15.3 Å². The lowest BCUT2D eigenvalue weighted by Gasteiger charge is -2.33. The summed E-state index contributed by atoms with van der Waals surface area (Å²) in [6, 6.07) is 3.15. The second kappa shape index (κ2) is 7.91. The standard InChI is InChI=1S/C22H28O7/c1-10-7-12-8-14(23)19(26-3)21(28-5)16(12)17-13(18(25)11(10)2)9-15(24)20(27-4)22(17)29-6/h8-11,18,23-25H,7H2,1-6H3/t10-,11-,18?/m0/s1. The van der Waals surface area contributed by atoms with Crippen molar-refractivity contribution in [2.45, 2.75) is 26.4 Å². The highest BCUT2D eigenvalue weighted by Gasteiger charge is 2.36. The maximum Gasteiger partial charge on any atom is 0.203 e. The van der Waals surface area contributed by atoms with Crippen molar-refractivity contribution in [1.29, 1.82) is 0 Å². The van der Waals surface area contributed by atoms with Gasteiger partial charge in [-0.15, -0.1) is 0 Å². The molecule has 1 aliphatic carbocycles. The SMILES string of the molecule is COc1c(O)cc2c(c1OC)-c1c(cc(O)c(OC)c1OC)C(O)[C@@H](C)[C@@H](C)C2. The molecule has 0 aliphatic heterocycles. The Morgan fingerprint density at radius 3 is 1.76 bits per heavy atom. The molecule has 3 N–H and O–H groups in total. The predicted octanol–water partition coefficient (Wildman–Crippen LogP) is 3.66. The number of aliphatic hydroxyl groups is 1. The lowest BCUT2D eigenvalue weighted by molar-refractivity contribution is 0.0862. The van der Waals surface area contributed by atoms with Crippen LogP contribution in [0.5, 0.6) is 34.5 Å². The zero-order chi connectivity index (χ0) is 21.5. The maximum absolute atomic E-state index is 11.2. The molecule has 3 rings (SSSR count). The Hall–Kier alpha value is -2.80. The lowest BCUT2D eigenvalue weighted by atomic mass is 9.76. The molecule has 1 unspecified atom stereocenters. The van der Waals surface area contributed by atoms with Gasteiger partial charge < -0.3 is 34.3 Å². The first-order valence-corrected chi connectivity index (χ1v) is 9.43. The molecule has 1 aliphatic rings. The van der Waals surface area contributed by atoms with Crippen molar-refractivity contribution >= 4 is 0 Å². The Morgan fingerprint density at radius 2 is 1.24 bits per heavy atom. The van der Waals surface area contributed by atoms with E-state index in [0.29, 0.717) is 28.9 Å². The van der Waals surface area contributed by atoms with Crippen LogP contribution in [0, 0.1) is 11.8 Å². The molecule has 7 nitrogen and oxygen atoms in total. The molecule has 3 atom stereocenters. The Bertz CT molecular complexity index is 922. The van der Waals surface area contributed by atoms with Gasteiger partial charge >= 0.3 is 0 Å². The Kier molecular flexibility index (Phi) is 5.71. The first kappa shape index (κ1) is 20.9. The minimum absolute atomic E-state index is 0.0321. The van der Waals surface area contributed by atoms with E-state index in [1.807, 2.05) is 13.8 Å². The Morgan fingerprint density at radius 1 is 0.759 bits per heavy atom. The van der Waals surface area contributed by atoms with Crippen LogP contribution in [0.1, 0.15) is 31.1 Å². The third kappa shape index (κ3) is 3.19. The van der Waals surface area contributed by atoms with Crippen LogP contribution in [0.15, 0.2) is 12.1 Å².